The third-order valence-corrected chi connectivity index (χ3v) is 7.09. The molecule has 1 atom stereocenters. The van der Waals surface area contributed by atoms with Gasteiger partial charge in [0.1, 0.15) is 12.4 Å². The topological polar surface area (TPSA) is 99.8 Å². The van der Waals surface area contributed by atoms with Crippen LogP contribution in [-0.4, -0.2) is 62.0 Å². The second-order valence-corrected chi connectivity index (χ2v) is 9.90. The van der Waals surface area contributed by atoms with Crippen LogP contribution in [0.1, 0.15) is 40.7 Å². The Morgan fingerprint density at radius 3 is 2.59 bits per heavy atom. The number of hydrogen-bond acceptors (Lipinski definition) is 5. The van der Waals surface area contributed by atoms with Gasteiger partial charge in [-0.2, -0.15) is 0 Å². The number of nitrogens with one attached hydrogen (secondary N) is 3. The first-order chi connectivity index (χ1) is 17.9. The van der Waals surface area contributed by atoms with Gasteiger partial charge in [0.05, 0.1) is 17.5 Å². The fourth-order valence-electron chi connectivity index (χ4n) is 5.13. The Hall–Kier alpha value is -3.65. The summed E-state index contributed by atoms with van der Waals surface area (Å²) >= 11 is 0. The largest absolute Gasteiger partial charge is 0.489 e. The van der Waals surface area contributed by atoms with Gasteiger partial charge in [0.15, 0.2) is 0 Å². The van der Waals surface area contributed by atoms with E-state index in [9.17, 15) is 14.4 Å². The quantitative estimate of drug-likeness (QED) is 0.558. The standard InChI is InChI=1S/C29H36N4O4/c1-21-9-7-10-22(2)26(21)32-25(34)19-33-17-8-14-29(20-33)13-5-6-18-37-24-12-4-3-11-23(24)27(35)30-15-16-31-28(29)36/h3-7,9-12H,8,13-20H2,1-2H3,(H,30,35)(H,31,36)(H,32,34)/b6-5-. The summed E-state index contributed by atoms with van der Waals surface area (Å²) < 4.78 is 5.84. The highest BCUT2D eigenvalue weighted by Gasteiger charge is 2.41. The molecule has 1 saturated heterocycles. The van der Waals surface area contributed by atoms with Gasteiger partial charge in [0, 0.05) is 25.3 Å². The first-order valence-electron chi connectivity index (χ1n) is 12.9. The van der Waals surface area contributed by atoms with Crippen molar-refractivity contribution in [3.8, 4) is 5.75 Å². The van der Waals surface area contributed by atoms with Crippen molar-refractivity contribution in [3.05, 3.63) is 71.3 Å². The van der Waals surface area contributed by atoms with Crippen molar-refractivity contribution in [3.63, 3.8) is 0 Å². The van der Waals surface area contributed by atoms with Crippen LogP contribution in [0.15, 0.2) is 54.6 Å². The molecular weight excluding hydrogens is 468 g/mol. The van der Waals surface area contributed by atoms with Gasteiger partial charge in [-0.1, -0.05) is 42.5 Å². The van der Waals surface area contributed by atoms with Crippen molar-refractivity contribution in [2.75, 3.05) is 44.6 Å². The Morgan fingerprint density at radius 1 is 1.03 bits per heavy atom. The fourth-order valence-corrected chi connectivity index (χ4v) is 5.13. The highest BCUT2D eigenvalue weighted by atomic mass is 16.5. The predicted octanol–water partition coefficient (Wildman–Crippen LogP) is 3.21. The normalized spacial score (nSPS) is 22.1. The second-order valence-electron chi connectivity index (χ2n) is 9.90. The van der Waals surface area contributed by atoms with Gasteiger partial charge in [-0.05, 0) is 62.9 Å². The van der Waals surface area contributed by atoms with E-state index in [0.717, 1.165) is 36.2 Å². The highest BCUT2D eigenvalue weighted by molar-refractivity contribution is 5.97. The maximum absolute atomic E-state index is 13.4. The van der Waals surface area contributed by atoms with Crippen molar-refractivity contribution >= 4 is 23.4 Å². The number of amides is 3. The lowest BCUT2D eigenvalue weighted by atomic mass is 9.76. The molecule has 0 bridgehead atoms. The maximum Gasteiger partial charge on any atom is 0.255 e. The first kappa shape index (κ1) is 26.4. The number of nitrogens with zero attached hydrogens (tertiary/aromatic N) is 1. The fraction of sp³-hybridized carbons (Fsp3) is 0.414. The molecule has 2 aliphatic rings. The number of rotatable bonds is 3. The summed E-state index contributed by atoms with van der Waals surface area (Å²) in [4.78, 5) is 41.0. The zero-order chi connectivity index (χ0) is 26.3. The van der Waals surface area contributed by atoms with E-state index in [0.29, 0.717) is 44.0 Å². The number of allylic oxidation sites excluding steroid dienone is 1. The van der Waals surface area contributed by atoms with Gasteiger partial charge < -0.3 is 20.7 Å². The lowest BCUT2D eigenvalue weighted by Crippen LogP contribution is -2.53. The molecule has 0 radical (unpaired) electrons. The van der Waals surface area contributed by atoms with Crippen LogP contribution in [0.2, 0.25) is 0 Å². The molecule has 0 aliphatic carbocycles. The van der Waals surface area contributed by atoms with Gasteiger partial charge in [0.2, 0.25) is 11.8 Å². The number of carbonyl (C=O) groups is 3. The molecule has 4 rings (SSSR count). The minimum atomic E-state index is -0.653. The minimum absolute atomic E-state index is 0.0513. The summed E-state index contributed by atoms with van der Waals surface area (Å²) in [5.74, 6) is 0.157. The van der Waals surface area contributed by atoms with E-state index in [1.165, 1.54) is 0 Å². The molecule has 2 aliphatic heterocycles. The van der Waals surface area contributed by atoms with Crippen molar-refractivity contribution in [2.24, 2.45) is 5.41 Å². The number of benzene rings is 2. The number of fused-ring (bicyclic) bond motifs is 1. The molecular formula is C29H36N4O4. The molecule has 0 aromatic heterocycles. The zero-order valence-electron chi connectivity index (χ0n) is 21.6. The van der Waals surface area contributed by atoms with E-state index in [1.54, 1.807) is 18.2 Å². The summed E-state index contributed by atoms with van der Waals surface area (Å²) in [6.45, 7) is 6.36. The number of carbonyl (C=O) groups excluding carboxylic acids is 3. The van der Waals surface area contributed by atoms with Crippen molar-refractivity contribution in [1.29, 1.82) is 0 Å². The summed E-state index contributed by atoms with van der Waals surface area (Å²) in [6, 6.07) is 13.1. The molecule has 2 aromatic carbocycles. The second kappa shape index (κ2) is 12.1. The Labute approximate surface area is 218 Å². The molecule has 8 heteroatoms. The van der Waals surface area contributed by atoms with E-state index in [4.69, 9.17) is 4.74 Å². The summed E-state index contributed by atoms with van der Waals surface area (Å²) in [5.41, 5.74) is 2.71. The van der Waals surface area contributed by atoms with E-state index >= 15 is 0 Å². The lowest BCUT2D eigenvalue weighted by molar-refractivity contribution is -0.135. The third kappa shape index (κ3) is 6.57. The Bertz CT molecular complexity index is 1160. The smallest absolute Gasteiger partial charge is 0.255 e. The van der Waals surface area contributed by atoms with E-state index in [-0.39, 0.29) is 24.3 Å². The van der Waals surface area contributed by atoms with Crippen LogP contribution >= 0.6 is 0 Å². The number of para-hydroxylation sites is 2. The predicted molar refractivity (Wildman–Crippen MR) is 144 cm³/mol. The van der Waals surface area contributed by atoms with E-state index in [2.05, 4.69) is 20.9 Å². The molecule has 2 aromatic rings. The van der Waals surface area contributed by atoms with E-state index < -0.39 is 5.41 Å². The summed E-state index contributed by atoms with van der Waals surface area (Å²) in [6.07, 6.45) is 5.97. The number of hydrogen-bond donors (Lipinski definition) is 3. The van der Waals surface area contributed by atoms with Crippen molar-refractivity contribution in [1.82, 2.24) is 15.5 Å². The van der Waals surface area contributed by atoms with Crippen LogP contribution in [-0.2, 0) is 9.59 Å². The van der Waals surface area contributed by atoms with Crippen LogP contribution in [0.5, 0.6) is 5.75 Å². The van der Waals surface area contributed by atoms with Gasteiger partial charge in [-0.25, -0.2) is 0 Å². The van der Waals surface area contributed by atoms with Crippen molar-refractivity contribution in [2.45, 2.75) is 33.1 Å². The van der Waals surface area contributed by atoms with E-state index in [1.807, 2.05) is 50.3 Å². The van der Waals surface area contributed by atoms with Crippen LogP contribution in [0.25, 0.3) is 0 Å². The molecule has 0 saturated carbocycles. The van der Waals surface area contributed by atoms with Gasteiger partial charge in [0.25, 0.3) is 5.91 Å². The zero-order valence-corrected chi connectivity index (χ0v) is 21.6. The van der Waals surface area contributed by atoms with Crippen LogP contribution < -0.4 is 20.7 Å². The van der Waals surface area contributed by atoms with Crippen molar-refractivity contribution < 1.29 is 19.1 Å². The average molecular weight is 505 g/mol. The molecule has 8 nitrogen and oxygen atoms in total. The summed E-state index contributed by atoms with van der Waals surface area (Å²) in [5, 5.41) is 8.94. The average Bonchev–Trinajstić information content (AvgIpc) is 2.88. The lowest BCUT2D eigenvalue weighted by Gasteiger charge is -2.41. The maximum atomic E-state index is 13.4. The summed E-state index contributed by atoms with van der Waals surface area (Å²) in [7, 11) is 0. The molecule has 3 amide bonds. The Kier molecular flexibility index (Phi) is 8.61. The molecule has 196 valence electrons. The third-order valence-electron chi connectivity index (χ3n) is 7.09. The van der Waals surface area contributed by atoms with Crippen LogP contribution in [0.4, 0.5) is 5.69 Å². The van der Waals surface area contributed by atoms with Gasteiger partial charge in [-0.15, -0.1) is 0 Å². The monoisotopic (exact) mass is 504 g/mol. The molecule has 1 unspecified atom stereocenters. The minimum Gasteiger partial charge on any atom is -0.489 e. The number of aryl methyl sites for hydroxylation is 2. The molecule has 2 heterocycles. The molecule has 1 fully saturated rings. The number of likely N-dealkylation sites (tertiary alicyclic amines) is 1. The molecule has 3 N–H and O–H groups in total. The van der Waals surface area contributed by atoms with Crippen LogP contribution in [0, 0.1) is 19.3 Å². The molecule has 37 heavy (non-hydrogen) atoms. The highest BCUT2D eigenvalue weighted by Crippen LogP contribution is 2.34. The molecule has 1 spiro atoms. The number of ether oxygens (including phenoxy) is 1. The Balaban J connectivity index is 1.45. The Morgan fingerprint density at radius 2 is 1.78 bits per heavy atom. The SMILES string of the molecule is Cc1cccc(C)c1NC(=O)CN1CCCC2(C/C=C\COc3ccccc3C(=O)NCCNC2=O)C1. The number of piperidine rings is 1. The number of anilines is 1. The van der Waals surface area contributed by atoms with Gasteiger partial charge >= 0.3 is 0 Å². The van der Waals surface area contributed by atoms with Gasteiger partial charge in [-0.3, -0.25) is 19.3 Å². The van der Waals surface area contributed by atoms with Crippen LogP contribution in [0.3, 0.4) is 0 Å². The first-order valence-corrected chi connectivity index (χ1v) is 12.9.